The molecule has 3 heterocycles. The van der Waals surface area contributed by atoms with Gasteiger partial charge >= 0.3 is 0 Å². The van der Waals surface area contributed by atoms with Crippen molar-refractivity contribution < 1.29 is 19.0 Å². The number of carbonyl (C=O) groups is 1. The van der Waals surface area contributed by atoms with Gasteiger partial charge in [-0.1, -0.05) is 24.3 Å². The summed E-state index contributed by atoms with van der Waals surface area (Å²) in [6, 6.07) is 16.7. The Balaban J connectivity index is 1.83. The second-order valence-corrected chi connectivity index (χ2v) is 6.96. The predicted octanol–water partition coefficient (Wildman–Crippen LogP) is 4.29. The number of pyridine rings is 2. The van der Waals surface area contributed by atoms with Crippen LogP contribution in [-0.2, 0) is 0 Å². The third-order valence-corrected chi connectivity index (χ3v) is 5.29. The summed E-state index contributed by atoms with van der Waals surface area (Å²) in [5.74, 6) is 0.967. The van der Waals surface area contributed by atoms with Crippen LogP contribution in [0.5, 0.6) is 17.2 Å². The topological polar surface area (TPSA) is 75.0 Å². The minimum atomic E-state index is -0.263. The summed E-state index contributed by atoms with van der Waals surface area (Å²) in [6.45, 7) is 0. The Morgan fingerprint density at radius 3 is 2.29 bits per heavy atom. The highest BCUT2D eigenvalue weighted by molar-refractivity contribution is 6.19. The van der Waals surface area contributed by atoms with Crippen molar-refractivity contribution in [3.05, 3.63) is 72.1 Å². The van der Waals surface area contributed by atoms with Crippen LogP contribution in [0.1, 0.15) is 16.1 Å². The highest BCUT2D eigenvalue weighted by atomic mass is 16.5. The van der Waals surface area contributed by atoms with Gasteiger partial charge in [-0.05, 0) is 30.3 Å². The molecule has 5 rings (SSSR count). The molecule has 0 unspecified atom stereocenters. The molecule has 0 spiro atoms. The third-order valence-electron chi connectivity index (χ3n) is 5.29. The van der Waals surface area contributed by atoms with Gasteiger partial charge in [0.05, 0.1) is 26.8 Å². The zero-order valence-corrected chi connectivity index (χ0v) is 17.2. The average molecular weight is 413 g/mol. The van der Waals surface area contributed by atoms with Gasteiger partial charge in [-0.3, -0.25) is 9.20 Å². The van der Waals surface area contributed by atoms with Gasteiger partial charge in [-0.2, -0.15) is 0 Å². The average Bonchev–Trinajstić information content (AvgIpc) is 3.22. The van der Waals surface area contributed by atoms with Gasteiger partial charge in [0.25, 0.3) is 0 Å². The van der Waals surface area contributed by atoms with Crippen molar-refractivity contribution in [2.24, 2.45) is 0 Å². The van der Waals surface area contributed by atoms with Crippen LogP contribution in [0, 0.1) is 0 Å². The maximum Gasteiger partial charge on any atom is 0.213 e. The van der Waals surface area contributed by atoms with Crippen molar-refractivity contribution in [1.29, 1.82) is 0 Å². The largest absolute Gasteiger partial charge is 0.493 e. The van der Waals surface area contributed by atoms with E-state index in [2.05, 4.69) is 0 Å². The lowest BCUT2D eigenvalue weighted by Crippen LogP contribution is -2.08. The fraction of sp³-hybridized carbons (Fsp3) is 0.125. The van der Waals surface area contributed by atoms with Crippen LogP contribution in [0.4, 0.5) is 0 Å². The lowest BCUT2D eigenvalue weighted by molar-refractivity contribution is 0.103. The molecule has 0 saturated heterocycles. The van der Waals surface area contributed by atoms with E-state index in [1.165, 1.54) is 21.3 Å². The molecular formula is C24H19N3O4. The molecular weight excluding hydrogens is 394 g/mol. The molecule has 0 N–H and O–H groups in total. The first-order chi connectivity index (χ1) is 15.2. The molecule has 2 aromatic carbocycles. The van der Waals surface area contributed by atoms with E-state index in [0.717, 1.165) is 16.6 Å². The number of benzene rings is 2. The van der Waals surface area contributed by atoms with Crippen LogP contribution >= 0.6 is 0 Å². The van der Waals surface area contributed by atoms with E-state index in [9.17, 15) is 4.79 Å². The summed E-state index contributed by atoms with van der Waals surface area (Å²) in [7, 11) is 4.56. The van der Waals surface area contributed by atoms with E-state index in [1.54, 1.807) is 12.1 Å². The molecule has 0 saturated carbocycles. The first-order valence-electron chi connectivity index (χ1n) is 9.66. The van der Waals surface area contributed by atoms with E-state index in [-0.39, 0.29) is 5.78 Å². The Morgan fingerprint density at radius 1 is 0.871 bits per heavy atom. The molecule has 0 aliphatic carbocycles. The van der Waals surface area contributed by atoms with E-state index in [4.69, 9.17) is 24.2 Å². The summed E-state index contributed by atoms with van der Waals surface area (Å²) in [5, 5.41) is 0.891. The van der Waals surface area contributed by atoms with Gasteiger partial charge in [0.15, 0.2) is 11.5 Å². The van der Waals surface area contributed by atoms with E-state index in [0.29, 0.717) is 39.5 Å². The number of fused-ring (bicyclic) bond motifs is 5. The van der Waals surface area contributed by atoms with Gasteiger partial charge in [-0.25, -0.2) is 9.97 Å². The van der Waals surface area contributed by atoms with Crippen molar-refractivity contribution in [2.75, 3.05) is 21.3 Å². The zero-order chi connectivity index (χ0) is 21.5. The van der Waals surface area contributed by atoms with Gasteiger partial charge in [0.2, 0.25) is 11.5 Å². The van der Waals surface area contributed by atoms with Crippen LogP contribution in [0.25, 0.3) is 27.6 Å². The van der Waals surface area contributed by atoms with E-state index < -0.39 is 0 Å². The maximum atomic E-state index is 13.7. The highest BCUT2D eigenvalue weighted by Gasteiger charge is 2.24. The van der Waals surface area contributed by atoms with Crippen molar-refractivity contribution in [1.82, 2.24) is 14.4 Å². The lowest BCUT2D eigenvalue weighted by Gasteiger charge is -2.14. The molecule has 154 valence electrons. The molecule has 0 bridgehead atoms. The highest BCUT2D eigenvalue weighted by Crippen LogP contribution is 2.39. The lowest BCUT2D eigenvalue weighted by atomic mass is 10.0. The molecule has 5 aromatic rings. The number of carbonyl (C=O) groups excluding carboxylic acids is 1. The number of aromatic nitrogens is 3. The Kier molecular flexibility index (Phi) is 4.43. The van der Waals surface area contributed by atoms with E-state index >= 15 is 0 Å². The van der Waals surface area contributed by atoms with Crippen LogP contribution < -0.4 is 14.2 Å². The SMILES string of the molecule is COc1cc(C(=O)c2nc3ccccc3c3nc4ccccn4c23)cc(OC)c1OC. The predicted molar refractivity (Wildman–Crippen MR) is 118 cm³/mol. The number of ether oxygens (including phenoxy) is 3. The second-order valence-electron chi connectivity index (χ2n) is 6.96. The Bertz CT molecular complexity index is 1450. The number of para-hydroxylation sites is 1. The van der Waals surface area contributed by atoms with Gasteiger partial charge in [0, 0.05) is 17.1 Å². The molecule has 0 fully saturated rings. The summed E-state index contributed by atoms with van der Waals surface area (Å²) in [5.41, 5.74) is 3.52. The molecule has 31 heavy (non-hydrogen) atoms. The number of ketones is 1. The standard InChI is InChI=1S/C24H19N3O4/c1-29-17-12-14(13-18(30-2)24(17)31-3)23(28)21-22-20(15-8-4-5-9-16(15)25-21)26-19-10-6-7-11-27(19)22/h4-13H,1-3H3. The van der Waals surface area contributed by atoms with Crippen LogP contribution in [0.15, 0.2) is 60.8 Å². The Hall–Kier alpha value is -4.13. The monoisotopic (exact) mass is 413 g/mol. The molecule has 7 heteroatoms. The summed E-state index contributed by atoms with van der Waals surface area (Å²) < 4.78 is 18.1. The fourth-order valence-electron chi connectivity index (χ4n) is 3.86. The molecule has 0 atom stereocenters. The maximum absolute atomic E-state index is 13.7. The van der Waals surface area contributed by atoms with Gasteiger partial charge < -0.3 is 14.2 Å². The molecule has 0 aliphatic rings. The minimum Gasteiger partial charge on any atom is -0.493 e. The fourth-order valence-corrected chi connectivity index (χ4v) is 3.86. The first-order valence-corrected chi connectivity index (χ1v) is 9.66. The first kappa shape index (κ1) is 18.9. The number of hydrogen-bond acceptors (Lipinski definition) is 6. The number of methoxy groups -OCH3 is 3. The van der Waals surface area contributed by atoms with E-state index in [1.807, 2.05) is 53.1 Å². The molecule has 7 nitrogen and oxygen atoms in total. The summed E-state index contributed by atoms with van der Waals surface area (Å²) in [6.07, 6.45) is 1.88. The number of hydrogen-bond donors (Lipinski definition) is 0. The van der Waals surface area contributed by atoms with Crippen molar-refractivity contribution >= 4 is 33.4 Å². The Morgan fingerprint density at radius 2 is 1.58 bits per heavy atom. The molecule has 0 aliphatic heterocycles. The summed E-state index contributed by atoms with van der Waals surface area (Å²) in [4.78, 5) is 23.2. The minimum absolute atomic E-state index is 0.263. The molecule has 0 radical (unpaired) electrons. The number of rotatable bonds is 5. The summed E-state index contributed by atoms with van der Waals surface area (Å²) >= 11 is 0. The number of imidazole rings is 1. The van der Waals surface area contributed by atoms with Crippen LogP contribution in [0.3, 0.4) is 0 Å². The normalized spacial score (nSPS) is 11.2. The number of nitrogens with zero attached hydrogens (tertiary/aromatic N) is 3. The van der Waals surface area contributed by atoms with Gasteiger partial charge in [0.1, 0.15) is 22.4 Å². The van der Waals surface area contributed by atoms with Crippen molar-refractivity contribution in [3.8, 4) is 17.2 Å². The molecule has 0 amide bonds. The third kappa shape index (κ3) is 2.85. The quantitative estimate of drug-likeness (QED) is 0.400. The van der Waals surface area contributed by atoms with Gasteiger partial charge in [-0.15, -0.1) is 0 Å². The zero-order valence-electron chi connectivity index (χ0n) is 17.2. The Labute approximate surface area is 177 Å². The van der Waals surface area contributed by atoms with Crippen LogP contribution in [-0.4, -0.2) is 41.5 Å². The molecule has 3 aromatic heterocycles. The van der Waals surface area contributed by atoms with Crippen molar-refractivity contribution in [2.45, 2.75) is 0 Å². The smallest absolute Gasteiger partial charge is 0.213 e. The second kappa shape index (κ2) is 7.28. The van der Waals surface area contributed by atoms with Crippen molar-refractivity contribution in [3.63, 3.8) is 0 Å². The van der Waals surface area contributed by atoms with Crippen LogP contribution in [0.2, 0.25) is 0 Å².